The number of aromatic nitrogens is 2. The van der Waals surface area contributed by atoms with Gasteiger partial charge >= 0.3 is 0 Å². The van der Waals surface area contributed by atoms with Gasteiger partial charge in [-0.05, 0) is 87.9 Å². The number of likely N-dealkylation sites (N-methyl/N-ethyl adjacent to an activating group) is 2. The number of amides is 1. The highest BCUT2D eigenvalue weighted by Gasteiger charge is 2.19. The fraction of sp³-hybridized carbons (Fsp3) is 0.595. The van der Waals surface area contributed by atoms with Gasteiger partial charge in [0.2, 0.25) is 5.91 Å². The first-order chi connectivity index (χ1) is 24.7. The van der Waals surface area contributed by atoms with E-state index >= 15 is 0 Å². The topological polar surface area (TPSA) is 116 Å². The van der Waals surface area contributed by atoms with E-state index < -0.39 is 6.04 Å². The van der Waals surface area contributed by atoms with E-state index in [1.807, 2.05) is 44.0 Å². The number of thioether (sulfide) groups is 1. The standard InChI is InChI=1S/C18H27N3O.C18H29N3.C4H8O.C2H6S.B/c1-3-4-5-8-11-21(2)18(22)16(19)12-14-13-20-17-10-7-6-9-15(14)17;1-3-4-5-8-11-21(2)14-16(19)12-15-13-20-18-10-7-6-9-17(15)18;1-2-4-5-3-1;1-3-2;/h6-7,9-10,13,16,20H,3-5,8,11-12,19H2,1-2H3;6-7,9-10,13,16,20H,3-5,8,11-12,14,19H2,1-2H3;1-4H2;1-2H3;/t2*16-;;;/m00.../s1. The van der Waals surface area contributed by atoms with E-state index in [0.29, 0.717) is 6.42 Å². The maximum Gasteiger partial charge on any atom is 0.239 e. The molecule has 1 aliphatic heterocycles. The number of aromatic amines is 2. The Hall–Kier alpha value is -2.76. The number of H-pyrrole nitrogens is 2. The molecule has 1 fully saturated rings. The first-order valence-corrected chi connectivity index (χ1v) is 20.9. The molecule has 4 aromatic rings. The van der Waals surface area contributed by atoms with Crippen LogP contribution in [0.3, 0.4) is 0 Å². The third kappa shape index (κ3) is 18.3. The lowest BCUT2D eigenvalue weighted by Gasteiger charge is -2.21. The summed E-state index contributed by atoms with van der Waals surface area (Å²) in [5.41, 5.74) is 17.2. The Bertz CT molecular complexity index is 1450. The molecular weight excluding hydrogens is 663 g/mol. The molecule has 1 amide bonds. The fourth-order valence-electron chi connectivity index (χ4n) is 6.25. The van der Waals surface area contributed by atoms with Gasteiger partial charge in [-0.2, -0.15) is 11.8 Å². The van der Waals surface area contributed by atoms with Gasteiger partial charge in [-0.25, -0.2) is 0 Å². The monoisotopic (exact) mass is 734 g/mol. The Morgan fingerprint density at radius 3 is 1.73 bits per heavy atom. The van der Waals surface area contributed by atoms with Crippen LogP contribution in [0, 0.1) is 0 Å². The number of hydrogen-bond acceptors (Lipinski definition) is 6. The molecule has 0 aliphatic carbocycles. The minimum Gasteiger partial charge on any atom is -0.381 e. The highest BCUT2D eigenvalue weighted by molar-refractivity contribution is 7.97. The van der Waals surface area contributed by atoms with E-state index in [2.05, 4.69) is 72.3 Å². The van der Waals surface area contributed by atoms with Gasteiger partial charge in [-0.15, -0.1) is 0 Å². The summed E-state index contributed by atoms with van der Waals surface area (Å²) in [5.74, 6) is 0.0294. The molecule has 52 heavy (non-hydrogen) atoms. The molecule has 0 unspecified atom stereocenters. The molecule has 6 N–H and O–H groups in total. The molecule has 2 aromatic carbocycles. The predicted molar refractivity (Wildman–Crippen MR) is 229 cm³/mol. The van der Waals surface area contributed by atoms with Crippen LogP contribution < -0.4 is 11.5 Å². The molecule has 0 saturated carbocycles. The average Bonchev–Trinajstić information content (AvgIpc) is 3.93. The molecular formula is C42H70BN6O2S. The van der Waals surface area contributed by atoms with E-state index in [-0.39, 0.29) is 20.4 Å². The Labute approximate surface area is 322 Å². The van der Waals surface area contributed by atoms with Crippen molar-refractivity contribution in [1.29, 1.82) is 0 Å². The van der Waals surface area contributed by atoms with Crippen molar-refractivity contribution in [3.05, 3.63) is 72.1 Å². The summed E-state index contributed by atoms with van der Waals surface area (Å²) in [4.78, 5) is 23.1. The van der Waals surface area contributed by atoms with Crippen LogP contribution in [-0.2, 0) is 22.4 Å². The Morgan fingerprint density at radius 2 is 1.25 bits per heavy atom. The first-order valence-electron chi connectivity index (χ1n) is 19.3. The van der Waals surface area contributed by atoms with Gasteiger partial charge in [-0.1, -0.05) is 88.8 Å². The number of benzene rings is 2. The minimum absolute atomic E-state index is 0. The summed E-state index contributed by atoms with van der Waals surface area (Å²) in [6, 6.07) is 16.3. The number of para-hydroxylation sites is 2. The second kappa shape index (κ2) is 28.7. The molecule has 1 aliphatic rings. The predicted octanol–water partition coefficient (Wildman–Crippen LogP) is 8.02. The Morgan fingerprint density at radius 1 is 0.769 bits per heavy atom. The second-order valence-electron chi connectivity index (χ2n) is 13.9. The number of carbonyl (C=O) groups excluding carboxylic acids is 1. The fourth-order valence-corrected chi connectivity index (χ4v) is 6.25. The molecule has 8 nitrogen and oxygen atoms in total. The highest BCUT2D eigenvalue weighted by Crippen LogP contribution is 2.20. The van der Waals surface area contributed by atoms with E-state index in [1.165, 1.54) is 74.3 Å². The Balaban J connectivity index is 0.000000422. The van der Waals surface area contributed by atoms with Crippen molar-refractivity contribution in [3.8, 4) is 0 Å². The van der Waals surface area contributed by atoms with Crippen molar-refractivity contribution in [2.24, 2.45) is 11.5 Å². The van der Waals surface area contributed by atoms with Crippen molar-refractivity contribution in [2.75, 3.05) is 59.5 Å². The summed E-state index contributed by atoms with van der Waals surface area (Å²) in [6.45, 7) is 9.35. The number of carbonyl (C=O) groups is 1. The SMILES string of the molecule is C1CCOC1.CCCCCCN(C)C(=O)[C@@H](N)Cc1c[nH]c2ccccc12.CCCCCCN(C)C[C@@H](N)Cc1c[nH]c2ccccc12.CSC.[B]. The van der Waals surface area contributed by atoms with Crippen LogP contribution in [0.15, 0.2) is 60.9 Å². The zero-order chi connectivity index (χ0) is 37.3. The summed E-state index contributed by atoms with van der Waals surface area (Å²) in [7, 11) is 4.03. The van der Waals surface area contributed by atoms with Crippen LogP contribution in [0.2, 0.25) is 0 Å². The van der Waals surface area contributed by atoms with Gasteiger partial charge in [0.25, 0.3) is 0 Å². The lowest BCUT2D eigenvalue weighted by atomic mass is 10.0. The zero-order valence-corrected chi connectivity index (χ0v) is 34.1. The number of rotatable bonds is 17. The summed E-state index contributed by atoms with van der Waals surface area (Å²) < 4.78 is 4.94. The smallest absolute Gasteiger partial charge is 0.239 e. The maximum absolute atomic E-state index is 12.4. The highest BCUT2D eigenvalue weighted by atomic mass is 32.2. The quantitative estimate of drug-likeness (QED) is 0.0646. The lowest BCUT2D eigenvalue weighted by molar-refractivity contribution is -0.131. The van der Waals surface area contributed by atoms with Crippen LogP contribution in [0.25, 0.3) is 21.8 Å². The van der Waals surface area contributed by atoms with Crippen molar-refractivity contribution in [2.45, 2.75) is 103 Å². The second-order valence-corrected chi connectivity index (χ2v) is 14.7. The third-order valence-corrected chi connectivity index (χ3v) is 9.08. The van der Waals surface area contributed by atoms with Crippen molar-refractivity contribution in [1.82, 2.24) is 19.8 Å². The maximum atomic E-state index is 12.4. The van der Waals surface area contributed by atoms with Gasteiger partial charge in [0.1, 0.15) is 0 Å². The van der Waals surface area contributed by atoms with Crippen LogP contribution in [0.5, 0.6) is 0 Å². The minimum atomic E-state index is -0.476. The van der Waals surface area contributed by atoms with Gasteiger partial charge in [0.15, 0.2) is 0 Å². The van der Waals surface area contributed by atoms with Gasteiger partial charge in [0.05, 0.1) is 6.04 Å². The van der Waals surface area contributed by atoms with Crippen LogP contribution in [0.4, 0.5) is 0 Å². The van der Waals surface area contributed by atoms with E-state index in [1.54, 1.807) is 16.7 Å². The molecule has 5 rings (SSSR count). The number of unbranched alkanes of at least 4 members (excludes halogenated alkanes) is 6. The molecule has 3 heterocycles. The van der Waals surface area contributed by atoms with Gasteiger partial charge in [-0.3, -0.25) is 4.79 Å². The number of hydrogen-bond donors (Lipinski definition) is 4. The summed E-state index contributed by atoms with van der Waals surface area (Å²) >= 11 is 1.75. The summed E-state index contributed by atoms with van der Waals surface area (Å²) in [6.07, 6.45) is 22.1. The third-order valence-electron chi connectivity index (χ3n) is 9.08. The van der Waals surface area contributed by atoms with E-state index in [9.17, 15) is 4.79 Å². The van der Waals surface area contributed by atoms with Gasteiger partial charge in [0, 0.05) is 82.0 Å². The lowest BCUT2D eigenvalue weighted by Crippen LogP contribution is -2.43. The van der Waals surface area contributed by atoms with E-state index in [4.69, 9.17) is 16.2 Å². The summed E-state index contributed by atoms with van der Waals surface area (Å²) in [5, 5.41) is 2.45. The van der Waals surface area contributed by atoms with Crippen LogP contribution in [0.1, 0.15) is 89.2 Å². The van der Waals surface area contributed by atoms with Crippen LogP contribution in [-0.4, -0.2) is 106 Å². The number of nitrogens with two attached hydrogens (primary N) is 2. The molecule has 2 aromatic heterocycles. The number of fused-ring (bicyclic) bond motifs is 2. The van der Waals surface area contributed by atoms with Crippen molar-refractivity contribution < 1.29 is 9.53 Å². The van der Waals surface area contributed by atoms with Crippen molar-refractivity contribution in [3.63, 3.8) is 0 Å². The molecule has 289 valence electrons. The number of nitrogens with one attached hydrogen (secondary N) is 2. The molecule has 3 radical (unpaired) electrons. The van der Waals surface area contributed by atoms with Gasteiger partial charge < -0.3 is 36.0 Å². The van der Waals surface area contributed by atoms with Crippen LogP contribution >= 0.6 is 11.8 Å². The molecule has 1 saturated heterocycles. The number of ether oxygens (including phenoxy) is 1. The zero-order valence-electron chi connectivity index (χ0n) is 33.3. The first kappa shape index (κ1) is 47.3. The van der Waals surface area contributed by atoms with Crippen molar-refractivity contribution >= 4 is 47.9 Å². The van der Waals surface area contributed by atoms with E-state index in [0.717, 1.165) is 62.2 Å². The molecule has 10 heteroatoms. The molecule has 2 atom stereocenters. The molecule has 0 bridgehead atoms. The largest absolute Gasteiger partial charge is 0.381 e. The average molecular weight is 734 g/mol. The number of nitrogens with zero attached hydrogens (tertiary/aromatic N) is 2. The Kier molecular flexibility index (Phi) is 26.1. The normalized spacial score (nSPS) is 13.2. The molecule has 0 spiro atoms.